The zero-order valence-electron chi connectivity index (χ0n) is 19.5. The van der Waals surface area contributed by atoms with Crippen LogP contribution in [0.2, 0.25) is 0 Å². The lowest BCUT2D eigenvalue weighted by Gasteiger charge is -2.29. The molecule has 3 aliphatic rings. The first kappa shape index (κ1) is 22.8. The number of anilines is 2. The highest BCUT2D eigenvalue weighted by atomic mass is 16.5. The molecule has 4 heterocycles. The van der Waals surface area contributed by atoms with E-state index in [0.29, 0.717) is 36.0 Å². The minimum Gasteiger partial charge on any atom is -0.444 e. The van der Waals surface area contributed by atoms with Gasteiger partial charge in [0.05, 0.1) is 11.9 Å². The molecule has 0 bridgehead atoms. The van der Waals surface area contributed by atoms with Crippen molar-refractivity contribution in [3.63, 3.8) is 0 Å². The summed E-state index contributed by atoms with van der Waals surface area (Å²) in [5, 5.41) is 4.92. The number of amides is 4. The molecule has 10 heteroatoms. The predicted molar refractivity (Wildman–Crippen MR) is 127 cm³/mol. The Bertz CT molecular complexity index is 1180. The fourth-order valence-corrected chi connectivity index (χ4v) is 4.93. The Hall–Kier alpha value is -3.95. The van der Waals surface area contributed by atoms with Crippen LogP contribution in [0, 0.1) is 0 Å². The summed E-state index contributed by atoms with van der Waals surface area (Å²) in [6.45, 7) is 3.48. The Morgan fingerprint density at radius 1 is 1.17 bits per heavy atom. The third-order valence-corrected chi connectivity index (χ3v) is 6.83. The van der Waals surface area contributed by atoms with Gasteiger partial charge in [-0.3, -0.25) is 25.0 Å². The molecule has 2 unspecified atom stereocenters. The number of carbonyl (C=O) groups excluding carboxylic acids is 4. The molecule has 0 aliphatic carbocycles. The number of rotatable bonds is 5. The van der Waals surface area contributed by atoms with Gasteiger partial charge in [-0.25, -0.2) is 9.78 Å². The molecule has 4 amide bonds. The van der Waals surface area contributed by atoms with Crippen molar-refractivity contribution in [1.82, 2.24) is 15.2 Å². The highest BCUT2D eigenvalue weighted by molar-refractivity contribution is 6.05. The zero-order valence-corrected chi connectivity index (χ0v) is 19.5. The molecule has 2 fully saturated rings. The third kappa shape index (κ3) is 4.68. The van der Waals surface area contributed by atoms with Crippen LogP contribution in [0.15, 0.2) is 36.5 Å². The van der Waals surface area contributed by atoms with Crippen LogP contribution in [0.4, 0.5) is 16.3 Å². The summed E-state index contributed by atoms with van der Waals surface area (Å²) in [6, 6.07) is 8.78. The normalized spacial score (nSPS) is 21.7. The third-order valence-electron chi connectivity index (χ3n) is 6.83. The van der Waals surface area contributed by atoms with Gasteiger partial charge in [0.2, 0.25) is 11.8 Å². The van der Waals surface area contributed by atoms with Crippen molar-refractivity contribution in [3.05, 3.63) is 53.2 Å². The number of nitrogens with one attached hydrogen (secondary N) is 2. The van der Waals surface area contributed by atoms with Crippen LogP contribution in [-0.2, 0) is 27.5 Å². The van der Waals surface area contributed by atoms with E-state index in [1.165, 1.54) is 4.90 Å². The molecule has 0 radical (unpaired) electrons. The molecule has 0 spiro atoms. The number of pyridine rings is 1. The molecule has 10 nitrogen and oxygen atoms in total. The minimum absolute atomic E-state index is 0.0197. The summed E-state index contributed by atoms with van der Waals surface area (Å²) >= 11 is 0. The lowest BCUT2D eigenvalue weighted by Crippen LogP contribution is -2.52. The van der Waals surface area contributed by atoms with Gasteiger partial charge in [0.15, 0.2) is 0 Å². The average molecular weight is 478 g/mol. The number of ether oxygens (including phenoxy) is 1. The number of carbonyl (C=O) groups is 4. The minimum atomic E-state index is -0.661. The molecule has 1 aromatic carbocycles. The van der Waals surface area contributed by atoms with Crippen LogP contribution < -0.4 is 15.5 Å². The summed E-state index contributed by atoms with van der Waals surface area (Å²) in [5.74, 6) is -0.633. The maximum absolute atomic E-state index is 12.9. The maximum Gasteiger partial charge on any atom is 0.413 e. The Morgan fingerprint density at radius 2 is 2.03 bits per heavy atom. The molecule has 35 heavy (non-hydrogen) atoms. The van der Waals surface area contributed by atoms with E-state index in [4.69, 9.17) is 4.74 Å². The van der Waals surface area contributed by atoms with Crippen LogP contribution >= 0.6 is 0 Å². The molecule has 1 aromatic heterocycles. The van der Waals surface area contributed by atoms with E-state index in [1.54, 1.807) is 30.5 Å². The second kappa shape index (κ2) is 9.36. The Balaban J connectivity index is 1.16. The highest BCUT2D eigenvalue weighted by Crippen LogP contribution is 2.29. The first-order valence-electron chi connectivity index (χ1n) is 11.8. The molecule has 182 valence electrons. The SMILES string of the molecule is CC1CCCN1c1ccc(NC(=O)OCc2ccc3c(c2)C(=O)N(C2CCC(=O)NC2=O)C3)nc1. The molecular formula is C25H27N5O5. The Labute approximate surface area is 202 Å². The maximum atomic E-state index is 12.9. The van der Waals surface area contributed by atoms with E-state index < -0.39 is 18.0 Å². The number of nitrogens with zero attached hydrogens (tertiary/aromatic N) is 3. The van der Waals surface area contributed by atoms with Crippen molar-refractivity contribution in [2.45, 2.75) is 57.8 Å². The summed E-state index contributed by atoms with van der Waals surface area (Å²) in [6.07, 6.45) is 3.95. The van der Waals surface area contributed by atoms with Crippen LogP contribution in [-0.4, -0.2) is 52.3 Å². The molecule has 2 N–H and O–H groups in total. The Morgan fingerprint density at radius 3 is 2.74 bits per heavy atom. The van der Waals surface area contributed by atoms with Gasteiger partial charge < -0.3 is 14.5 Å². The van der Waals surface area contributed by atoms with Crippen molar-refractivity contribution in [2.24, 2.45) is 0 Å². The van der Waals surface area contributed by atoms with Gasteiger partial charge in [-0.1, -0.05) is 12.1 Å². The smallest absolute Gasteiger partial charge is 0.413 e. The van der Waals surface area contributed by atoms with Gasteiger partial charge in [0.1, 0.15) is 18.5 Å². The molecule has 0 saturated carbocycles. The van der Waals surface area contributed by atoms with E-state index >= 15 is 0 Å². The van der Waals surface area contributed by atoms with E-state index in [1.807, 2.05) is 6.07 Å². The predicted octanol–water partition coefficient (Wildman–Crippen LogP) is 2.58. The highest BCUT2D eigenvalue weighted by Gasteiger charge is 2.39. The van der Waals surface area contributed by atoms with E-state index in [9.17, 15) is 19.2 Å². The lowest BCUT2D eigenvalue weighted by atomic mass is 10.0. The second-order valence-corrected chi connectivity index (χ2v) is 9.18. The van der Waals surface area contributed by atoms with Crippen LogP contribution in [0.25, 0.3) is 0 Å². The van der Waals surface area contributed by atoms with Gasteiger partial charge in [0, 0.05) is 31.1 Å². The number of hydrogen-bond donors (Lipinski definition) is 2. The van der Waals surface area contributed by atoms with Crippen LogP contribution in [0.5, 0.6) is 0 Å². The van der Waals surface area contributed by atoms with E-state index in [0.717, 1.165) is 30.6 Å². The van der Waals surface area contributed by atoms with E-state index in [-0.39, 0.29) is 24.8 Å². The summed E-state index contributed by atoms with van der Waals surface area (Å²) in [4.78, 5) is 56.9. The van der Waals surface area contributed by atoms with Crippen molar-refractivity contribution in [1.29, 1.82) is 0 Å². The number of piperidine rings is 1. The quantitative estimate of drug-likeness (QED) is 0.635. The van der Waals surface area contributed by atoms with Crippen molar-refractivity contribution in [3.8, 4) is 0 Å². The van der Waals surface area contributed by atoms with Crippen LogP contribution in [0.3, 0.4) is 0 Å². The number of benzene rings is 1. The van der Waals surface area contributed by atoms with Gasteiger partial charge in [-0.2, -0.15) is 0 Å². The lowest BCUT2D eigenvalue weighted by molar-refractivity contribution is -0.136. The van der Waals surface area contributed by atoms with Crippen molar-refractivity contribution in [2.75, 3.05) is 16.8 Å². The van der Waals surface area contributed by atoms with Crippen molar-refractivity contribution >= 4 is 35.3 Å². The molecule has 2 atom stereocenters. The first-order valence-corrected chi connectivity index (χ1v) is 11.8. The fourth-order valence-electron chi connectivity index (χ4n) is 4.93. The zero-order chi connectivity index (χ0) is 24.5. The molecule has 2 saturated heterocycles. The average Bonchev–Trinajstić information content (AvgIpc) is 3.41. The molecule has 5 rings (SSSR count). The monoisotopic (exact) mass is 477 g/mol. The largest absolute Gasteiger partial charge is 0.444 e. The van der Waals surface area contributed by atoms with E-state index in [2.05, 4.69) is 27.4 Å². The van der Waals surface area contributed by atoms with Gasteiger partial charge >= 0.3 is 6.09 Å². The number of fused-ring (bicyclic) bond motifs is 1. The first-order chi connectivity index (χ1) is 16.9. The summed E-state index contributed by atoms with van der Waals surface area (Å²) < 4.78 is 5.32. The summed E-state index contributed by atoms with van der Waals surface area (Å²) in [7, 11) is 0. The number of imide groups is 1. The Kier molecular flexibility index (Phi) is 6.10. The number of hydrogen-bond acceptors (Lipinski definition) is 7. The molecule has 2 aromatic rings. The molecule has 3 aliphatic heterocycles. The number of aromatic nitrogens is 1. The van der Waals surface area contributed by atoms with Crippen LogP contribution in [0.1, 0.15) is 54.1 Å². The van der Waals surface area contributed by atoms with Gasteiger partial charge in [-0.15, -0.1) is 0 Å². The van der Waals surface area contributed by atoms with Gasteiger partial charge in [0.25, 0.3) is 5.91 Å². The standard InChI is InChI=1S/C25H27N5O5/c1-15-3-2-10-29(15)18-6-8-21(26-12-18)27-25(34)35-14-16-4-5-17-13-30(24(33)19(17)11-16)20-7-9-22(31)28-23(20)32/h4-6,8,11-12,15,20H,2-3,7,9-10,13-14H2,1H3,(H,26,27,34)(H,28,31,32). The topological polar surface area (TPSA) is 121 Å². The fraction of sp³-hybridized carbons (Fsp3) is 0.400. The van der Waals surface area contributed by atoms with Gasteiger partial charge in [-0.05, 0) is 55.5 Å². The van der Waals surface area contributed by atoms with Crippen molar-refractivity contribution < 1.29 is 23.9 Å². The molecular weight excluding hydrogens is 450 g/mol. The second-order valence-electron chi connectivity index (χ2n) is 9.18. The summed E-state index contributed by atoms with van der Waals surface area (Å²) in [5.41, 5.74) is 2.96.